The number of nitrogens with zero attached hydrogens (tertiary/aromatic N) is 1. The first kappa shape index (κ1) is 14.1. The third-order valence-corrected chi connectivity index (χ3v) is 4.55. The molecule has 1 fully saturated rings. The van der Waals surface area contributed by atoms with Crippen LogP contribution in [0.3, 0.4) is 0 Å². The van der Waals surface area contributed by atoms with Crippen LogP contribution in [0.1, 0.15) is 31.0 Å². The highest BCUT2D eigenvalue weighted by atomic mass is 19.1. The van der Waals surface area contributed by atoms with Gasteiger partial charge in [0, 0.05) is 29.7 Å². The van der Waals surface area contributed by atoms with Gasteiger partial charge in [-0.25, -0.2) is 4.39 Å². The van der Waals surface area contributed by atoms with E-state index in [0.29, 0.717) is 12.3 Å². The average Bonchev–Trinajstić information content (AvgIpc) is 2.76. The van der Waals surface area contributed by atoms with Gasteiger partial charge in [0.1, 0.15) is 5.82 Å². The molecule has 1 saturated heterocycles. The van der Waals surface area contributed by atoms with E-state index in [2.05, 4.69) is 11.9 Å². The van der Waals surface area contributed by atoms with Gasteiger partial charge in [0.25, 0.3) is 0 Å². The van der Waals surface area contributed by atoms with Crippen LogP contribution in [0, 0.1) is 18.7 Å². The number of H-pyrrole nitrogens is 1. The number of halogens is 1. The number of benzene rings is 1. The van der Waals surface area contributed by atoms with Gasteiger partial charge in [0.05, 0.1) is 6.42 Å². The summed E-state index contributed by atoms with van der Waals surface area (Å²) in [4.78, 5) is 17.6. The summed E-state index contributed by atoms with van der Waals surface area (Å²) in [5.74, 6) is 0.593. The fourth-order valence-corrected chi connectivity index (χ4v) is 3.10. The molecule has 0 bridgehead atoms. The average molecular weight is 288 g/mol. The van der Waals surface area contributed by atoms with E-state index in [9.17, 15) is 9.18 Å². The van der Waals surface area contributed by atoms with Crippen LogP contribution in [-0.4, -0.2) is 28.9 Å². The van der Waals surface area contributed by atoms with Gasteiger partial charge in [-0.2, -0.15) is 0 Å². The first-order chi connectivity index (χ1) is 10.0. The number of aryl methyl sites for hydroxylation is 1. The molecular formula is C17H21FN2O. The van der Waals surface area contributed by atoms with Gasteiger partial charge in [0.15, 0.2) is 0 Å². The van der Waals surface area contributed by atoms with Crippen LogP contribution in [0.5, 0.6) is 0 Å². The van der Waals surface area contributed by atoms with Gasteiger partial charge in [-0.15, -0.1) is 0 Å². The van der Waals surface area contributed by atoms with Crippen molar-refractivity contribution in [2.75, 3.05) is 13.1 Å². The van der Waals surface area contributed by atoms with Gasteiger partial charge >= 0.3 is 0 Å². The molecule has 0 aliphatic carbocycles. The van der Waals surface area contributed by atoms with Crippen molar-refractivity contribution in [2.45, 2.75) is 33.1 Å². The summed E-state index contributed by atoms with van der Waals surface area (Å²) >= 11 is 0. The van der Waals surface area contributed by atoms with Crippen molar-refractivity contribution in [3.8, 4) is 0 Å². The Kier molecular flexibility index (Phi) is 3.70. The number of aromatic amines is 1. The Morgan fingerprint density at radius 2 is 2.10 bits per heavy atom. The van der Waals surface area contributed by atoms with Crippen molar-refractivity contribution < 1.29 is 9.18 Å². The second kappa shape index (κ2) is 5.51. The zero-order valence-corrected chi connectivity index (χ0v) is 12.6. The lowest BCUT2D eigenvalue weighted by molar-refractivity contribution is -0.131. The number of carbonyl (C=O) groups is 1. The number of amides is 1. The molecule has 1 aliphatic heterocycles. The van der Waals surface area contributed by atoms with Crippen molar-refractivity contribution in [3.63, 3.8) is 0 Å². The van der Waals surface area contributed by atoms with Crippen LogP contribution in [0.15, 0.2) is 18.2 Å². The molecule has 0 atom stereocenters. The van der Waals surface area contributed by atoms with Crippen LogP contribution in [-0.2, 0) is 11.2 Å². The van der Waals surface area contributed by atoms with Crippen LogP contribution in [0.25, 0.3) is 10.9 Å². The van der Waals surface area contributed by atoms with Gasteiger partial charge in [-0.1, -0.05) is 6.92 Å². The summed E-state index contributed by atoms with van der Waals surface area (Å²) in [6.45, 7) is 5.86. The number of nitrogens with one attached hydrogen (secondary N) is 1. The van der Waals surface area contributed by atoms with E-state index < -0.39 is 0 Å². The van der Waals surface area contributed by atoms with E-state index >= 15 is 0 Å². The smallest absolute Gasteiger partial charge is 0.227 e. The summed E-state index contributed by atoms with van der Waals surface area (Å²) in [7, 11) is 0. The quantitative estimate of drug-likeness (QED) is 0.903. The third kappa shape index (κ3) is 2.80. The minimum absolute atomic E-state index is 0.148. The van der Waals surface area contributed by atoms with E-state index in [1.54, 1.807) is 6.07 Å². The number of piperidine rings is 1. The monoisotopic (exact) mass is 288 g/mol. The Balaban J connectivity index is 1.82. The molecule has 21 heavy (non-hydrogen) atoms. The summed E-state index contributed by atoms with van der Waals surface area (Å²) in [5, 5.41) is 0.825. The van der Waals surface area contributed by atoms with Crippen molar-refractivity contribution in [1.82, 2.24) is 9.88 Å². The van der Waals surface area contributed by atoms with Crippen molar-refractivity contribution in [3.05, 3.63) is 35.3 Å². The molecular weight excluding hydrogens is 267 g/mol. The van der Waals surface area contributed by atoms with Crippen LogP contribution in [0.2, 0.25) is 0 Å². The lowest BCUT2D eigenvalue weighted by Gasteiger charge is -2.30. The number of rotatable bonds is 2. The molecule has 1 aliphatic rings. The van der Waals surface area contributed by atoms with Crippen molar-refractivity contribution in [2.24, 2.45) is 5.92 Å². The molecule has 1 aromatic carbocycles. The maximum Gasteiger partial charge on any atom is 0.227 e. The fraction of sp³-hybridized carbons (Fsp3) is 0.471. The SMILES string of the molecule is Cc1[nH]c2ccc(F)cc2c1CC(=O)N1CCC(C)CC1. The second-order valence-electron chi connectivity index (χ2n) is 6.16. The molecule has 1 N–H and O–H groups in total. The molecule has 112 valence electrons. The largest absolute Gasteiger partial charge is 0.358 e. The van der Waals surface area contributed by atoms with Crippen molar-refractivity contribution in [1.29, 1.82) is 0 Å². The van der Waals surface area contributed by atoms with E-state index in [4.69, 9.17) is 0 Å². The molecule has 1 amide bonds. The van der Waals surface area contributed by atoms with Gasteiger partial charge in [0.2, 0.25) is 5.91 Å². The molecule has 0 radical (unpaired) electrons. The minimum atomic E-state index is -0.262. The number of likely N-dealkylation sites (tertiary alicyclic amines) is 1. The molecule has 4 heteroatoms. The first-order valence-corrected chi connectivity index (χ1v) is 7.59. The molecule has 2 heterocycles. The Labute approximate surface area is 124 Å². The van der Waals surface area contributed by atoms with E-state index in [0.717, 1.165) is 48.1 Å². The van der Waals surface area contributed by atoms with Crippen molar-refractivity contribution >= 4 is 16.8 Å². The number of fused-ring (bicyclic) bond motifs is 1. The molecule has 2 aromatic rings. The van der Waals surface area contributed by atoms with Crippen LogP contribution >= 0.6 is 0 Å². The summed E-state index contributed by atoms with van der Waals surface area (Å²) in [6.07, 6.45) is 2.50. The summed E-state index contributed by atoms with van der Waals surface area (Å²) in [6, 6.07) is 4.68. The Morgan fingerprint density at radius 3 is 2.81 bits per heavy atom. The zero-order valence-electron chi connectivity index (χ0n) is 12.6. The third-order valence-electron chi connectivity index (χ3n) is 4.55. The van der Waals surface area contributed by atoms with E-state index in [1.165, 1.54) is 12.1 Å². The highest BCUT2D eigenvalue weighted by Gasteiger charge is 2.22. The lowest BCUT2D eigenvalue weighted by atomic mass is 9.98. The molecule has 0 unspecified atom stereocenters. The number of carbonyl (C=O) groups excluding carboxylic acids is 1. The summed E-state index contributed by atoms with van der Waals surface area (Å²) < 4.78 is 13.5. The predicted molar refractivity (Wildman–Crippen MR) is 81.7 cm³/mol. The van der Waals surface area contributed by atoms with E-state index in [1.807, 2.05) is 11.8 Å². The predicted octanol–water partition coefficient (Wildman–Crippen LogP) is 3.42. The van der Waals surface area contributed by atoms with Gasteiger partial charge in [-0.3, -0.25) is 4.79 Å². The van der Waals surface area contributed by atoms with Gasteiger partial charge < -0.3 is 9.88 Å². The van der Waals surface area contributed by atoms with Crippen LogP contribution in [0.4, 0.5) is 4.39 Å². The highest BCUT2D eigenvalue weighted by molar-refractivity contribution is 5.90. The lowest BCUT2D eigenvalue weighted by Crippen LogP contribution is -2.38. The second-order valence-corrected chi connectivity index (χ2v) is 6.16. The van der Waals surface area contributed by atoms with E-state index in [-0.39, 0.29) is 11.7 Å². The molecule has 0 saturated carbocycles. The van der Waals surface area contributed by atoms with Gasteiger partial charge in [-0.05, 0) is 49.4 Å². The molecule has 3 rings (SSSR count). The number of hydrogen-bond acceptors (Lipinski definition) is 1. The topological polar surface area (TPSA) is 36.1 Å². The first-order valence-electron chi connectivity index (χ1n) is 7.59. The Bertz CT molecular complexity index is 669. The number of aromatic nitrogens is 1. The maximum absolute atomic E-state index is 13.5. The number of hydrogen-bond donors (Lipinski definition) is 1. The standard InChI is InChI=1S/C17H21FN2O/c1-11-5-7-20(8-6-11)17(21)10-14-12(2)19-16-4-3-13(18)9-15(14)16/h3-4,9,11,19H,5-8,10H2,1-2H3. The van der Waals surface area contributed by atoms with Crippen LogP contribution < -0.4 is 0 Å². The normalized spacial score (nSPS) is 16.6. The molecule has 0 spiro atoms. The maximum atomic E-state index is 13.5. The fourth-order valence-electron chi connectivity index (χ4n) is 3.10. The Morgan fingerprint density at radius 1 is 1.38 bits per heavy atom. The zero-order chi connectivity index (χ0) is 15.0. The summed E-state index contributed by atoms with van der Waals surface area (Å²) in [5.41, 5.74) is 2.77. The highest BCUT2D eigenvalue weighted by Crippen LogP contribution is 2.25. The Hall–Kier alpha value is -1.84. The molecule has 1 aromatic heterocycles. The molecule has 3 nitrogen and oxygen atoms in total. The minimum Gasteiger partial charge on any atom is -0.358 e.